The van der Waals surface area contributed by atoms with Crippen LogP contribution in [0, 0.1) is 0 Å². The predicted octanol–water partition coefficient (Wildman–Crippen LogP) is 3.35. The van der Waals surface area contributed by atoms with Crippen LogP contribution in [0.2, 0.25) is 0 Å². The number of hydrogen-bond donors (Lipinski definition) is 1. The van der Waals surface area contributed by atoms with E-state index in [2.05, 4.69) is 36.2 Å². The smallest absolute Gasteiger partial charge is 0.231 e. The molecule has 1 aromatic rings. The summed E-state index contributed by atoms with van der Waals surface area (Å²) in [6.45, 7) is 7.54. The fraction of sp³-hybridized carbons (Fsp3) is 0.857. The van der Waals surface area contributed by atoms with Crippen LogP contribution in [-0.2, 0) is 5.75 Å². The molecule has 5 heteroatoms. The highest BCUT2D eigenvalue weighted by atomic mass is 32.2. The summed E-state index contributed by atoms with van der Waals surface area (Å²) in [5.74, 6) is 2.93. The summed E-state index contributed by atoms with van der Waals surface area (Å²) in [6, 6.07) is 0.504. The Hall–Kier alpha value is -0.550. The van der Waals surface area contributed by atoms with Gasteiger partial charge in [-0.15, -0.1) is 0 Å². The maximum Gasteiger partial charge on any atom is 0.231 e. The molecular formula is C14H25N3OS. The van der Waals surface area contributed by atoms with Gasteiger partial charge in [-0.05, 0) is 24.6 Å². The SMILES string of the molecule is CCNC1CCCCC1c1nc(CSC(C)C)no1. The van der Waals surface area contributed by atoms with Gasteiger partial charge in [0.2, 0.25) is 5.89 Å². The van der Waals surface area contributed by atoms with Gasteiger partial charge in [-0.2, -0.15) is 16.7 Å². The van der Waals surface area contributed by atoms with Gasteiger partial charge in [-0.3, -0.25) is 0 Å². The number of aromatic nitrogens is 2. The minimum atomic E-state index is 0.402. The van der Waals surface area contributed by atoms with E-state index >= 15 is 0 Å². The molecule has 2 unspecified atom stereocenters. The standard InChI is InChI=1S/C14H25N3OS/c1-4-15-12-8-6-5-7-11(12)14-16-13(17-18-14)9-19-10(2)3/h10-12,15H,4-9H2,1-3H3. The van der Waals surface area contributed by atoms with Crippen molar-refractivity contribution in [3.8, 4) is 0 Å². The van der Waals surface area contributed by atoms with Gasteiger partial charge in [0, 0.05) is 6.04 Å². The van der Waals surface area contributed by atoms with E-state index in [1.165, 1.54) is 19.3 Å². The molecule has 1 aromatic heterocycles. The van der Waals surface area contributed by atoms with Crippen molar-refractivity contribution in [1.82, 2.24) is 15.5 Å². The van der Waals surface area contributed by atoms with Crippen molar-refractivity contribution in [2.45, 2.75) is 69.4 Å². The lowest BCUT2D eigenvalue weighted by molar-refractivity contribution is 0.264. The second-order valence-corrected chi connectivity index (χ2v) is 7.03. The van der Waals surface area contributed by atoms with Gasteiger partial charge in [0.1, 0.15) is 0 Å². The van der Waals surface area contributed by atoms with Gasteiger partial charge >= 0.3 is 0 Å². The Bertz CT molecular complexity index is 379. The Kier molecular flexibility index (Phi) is 5.70. The number of thioether (sulfide) groups is 1. The lowest BCUT2D eigenvalue weighted by atomic mass is 9.84. The van der Waals surface area contributed by atoms with Gasteiger partial charge in [0.05, 0.1) is 11.7 Å². The number of nitrogens with zero attached hydrogens (tertiary/aromatic N) is 2. The minimum absolute atomic E-state index is 0.402. The van der Waals surface area contributed by atoms with Crippen molar-refractivity contribution < 1.29 is 4.52 Å². The van der Waals surface area contributed by atoms with E-state index < -0.39 is 0 Å². The Morgan fingerprint density at radius 2 is 2.16 bits per heavy atom. The molecule has 1 fully saturated rings. The molecule has 4 nitrogen and oxygen atoms in total. The highest BCUT2D eigenvalue weighted by Gasteiger charge is 2.30. The van der Waals surface area contributed by atoms with Crippen LogP contribution in [0.4, 0.5) is 0 Å². The Morgan fingerprint density at radius 1 is 1.37 bits per heavy atom. The summed E-state index contributed by atoms with van der Waals surface area (Å²) in [4.78, 5) is 4.60. The van der Waals surface area contributed by atoms with E-state index in [-0.39, 0.29) is 0 Å². The number of hydrogen-bond acceptors (Lipinski definition) is 5. The zero-order chi connectivity index (χ0) is 13.7. The van der Waals surface area contributed by atoms with E-state index in [4.69, 9.17) is 4.52 Å². The van der Waals surface area contributed by atoms with Gasteiger partial charge in [-0.25, -0.2) is 0 Å². The molecule has 1 N–H and O–H groups in total. The molecule has 0 radical (unpaired) electrons. The highest BCUT2D eigenvalue weighted by Crippen LogP contribution is 2.32. The molecule has 1 aliphatic rings. The van der Waals surface area contributed by atoms with Gasteiger partial charge in [0.25, 0.3) is 0 Å². The molecule has 1 saturated carbocycles. The summed E-state index contributed by atoms with van der Waals surface area (Å²) in [7, 11) is 0. The van der Waals surface area contributed by atoms with E-state index in [1.54, 1.807) is 0 Å². The quantitative estimate of drug-likeness (QED) is 0.867. The zero-order valence-electron chi connectivity index (χ0n) is 12.2. The Morgan fingerprint density at radius 3 is 2.89 bits per heavy atom. The molecule has 1 aliphatic carbocycles. The lowest BCUT2D eigenvalue weighted by Crippen LogP contribution is -2.37. The third kappa shape index (κ3) is 4.21. The van der Waals surface area contributed by atoms with Crippen molar-refractivity contribution in [1.29, 1.82) is 0 Å². The first-order valence-electron chi connectivity index (χ1n) is 7.38. The summed E-state index contributed by atoms with van der Waals surface area (Å²) >= 11 is 1.85. The average molecular weight is 283 g/mol. The molecule has 0 bridgehead atoms. The molecular weight excluding hydrogens is 258 g/mol. The largest absolute Gasteiger partial charge is 0.339 e. The molecule has 108 valence electrons. The van der Waals surface area contributed by atoms with E-state index in [0.29, 0.717) is 17.2 Å². The first-order chi connectivity index (χ1) is 9.20. The molecule has 0 spiro atoms. The van der Waals surface area contributed by atoms with Crippen molar-refractivity contribution in [2.24, 2.45) is 0 Å². The maximum atomic E-state index is 5.50. The fourth-order valence-corrected chi connectivity index (χ4v) is 3.25. The number of rotatable bonds is 6. The molecule has 19 heavy (non-hydrogen) atoms. The van der Waals surface area contributed by atoms with Crippen LogP contribution >= 0.6 is 11.8 Å². The minimum Gasteiger partial charge on any atom is -0.339 e. The van der Waals surface area contributed by atoms with E-state index in [1.807, 2.05) is 11.8 Å². The number of nitrogens with one attached hydrogen (secondary N) is 1. The summed E-state index contributed by atoms with van der Waals surface area (Å²) < 4.78 is 5.50. The summed E-state index contributed by atoms with van der Waals surface area (Å²) in [5.41, 5.74) is 0. The summed E-state index contributed by atoms with van der Waals surface area (Å²) in [5, 5.41) is 8.29. The lowest BCUT2D eigenvalue weighted by Gasteiger charge is -2.29. The van der Waals surface area contributed by atoms with Crippen LogP contribution in [0.15, 0.2) is 4.52 Å². The molecule has 2 atom stereocenters. The second kappa shape index (κ2) is 7.29. The van der Waals surface area contributed by atoms with Crippen LogP contribution in [-0.4, -0.2) is 28.0 Å². The van der Waals surface area contributed by atoms with Crippen LogP contribution in [0.5, 0.6) is 0 Å². The van der Waals surface area contributed by atoms with Gasteiger partial charge in [-0.1, -0.05) is 38.8 Å². The van der Waals surface area contributed by atoms with E-state index in [0.717, 1.165) is 30.4 Å². The topological polar surface area (TPSA) is 51.0 Å². The number of likely N-dealkylation sites (N-methyl/N-ethyl adjacent to an activating group) is 1. The van der Waals surface area contributed by atoms with Gasteiger partial charge < -0.3 is 9.84 Å². The van der Waals surface area contributed by atoms with E-state index in [9.17, 15) is 0 Å². The van der Waals surface area contributed by atoms with Gasteiger partial charge in [0.15, 0.2) is 5.82 Å². The molecule has 0 aliphatic heterocycles. The Balaban J connectivity index is 1.99. The summed E-state index contributed by atoms with van der Waals surface area (Å²) in [6.07, 6.45) is 4.96. The van der Waals surface area contributed by atoms with Crippen molar-refractivity contribution in [2.75, 3.05) is 6.54 Å². The van der Waals surface area contributed by atoms with Crippen molar-refractivity contribution in [3.63, 3.8) is 0 Å². The third-order valence-electron chi connectivity index (χ3n) is 3.58. The van der Waals surface area contributed by atoms with Crippen molar-refractivity contribution in [3.05, 3.63) is 11.7 Å². The first kappa shape index (κ1) is 14.9. The maximum absolute atomic E-state index is 5.50. The third-order valence-corrected chi connectivity index (χ3v) is 4.67. The highest BCUT2D eigenvalue weighted by molar-refractivity contribution is 7.99. The monoisotopic (exact) mass is 283 g/mol. The molecule has 2 rings (SSSR count). The second-order valence-electron chi connectivity index (χ2n) is 5.46. The Labute approximate surface area is 120 Å². The van der Waals surface area contributed by atoms with Crippen LogP contribution < -0.4 is 5.32 Å². The predicted molar refractivity (Wildman–Crippen MR) is 79.4 cm³/mol. The van der Waals surface area contributed by atoms with Crippen LogP contribution in [0.3, 0.4) is 0 Å². The average Bonchev–Trinajstić information content (AvgIpc) is 2.86. The molecule has 0 amide bonds. The van der Waals surface area contributed by atoms with Crippen molar-refractivity contribution >= 4 is 11.8 Å². The molecule has 1 heterocycles. The zero-order valence-corrected chi connectivity index (χ0v) is 13.0. The first-order valence-corrected chi connectivity index (χ1v) is 8.43. The molecule has 0 aromatic carbocycles. The normalized spacial score (nSPS) is 24.0. The fourth-order valence-electron chi connectivity index (χ4n) is 2.65. The molecule has 0 saturated heterocycles. The van der Waals surface area contributed by atoms with Crippen LogP contribution in [0.1, 0.15) is 64.1 Å². The van der Waals surface area contributed by atoms with Crippen LogP contribution in [0.25, 0.3) is 0 Å².